The summed E-state index contributed by atoms with van der Waals surface area (Å²) in [4.78, 5) is 40.9. The minimum absolute atomic E-state index is 0.856. The van der Waals surface area contributed by atoms with Gasteiger partial charge in [0.2, 0.25) is 0 Å². The molecule has 13 heteroatoms. The van der Waals surface area contributed by atoms with Crippen molar-refractivity contribution in [2.24, 2.45) is 0 Å². The molecule has 0 radical (unpaired) electrons. The van der Waals surface area contributed by atoms with E-state index in [0.29, 0.717) is 0 Å². The van der Waals surface area contributed by atoms with E-state index in [4.69, 9.17) is 4.74 Å². The van der Waals surface area contributed by atoms with E-state index in [0.717, 1.165) is 0 Å². The van der Waals surface area contributed by atoms with Crippen LogP contribution in [0.25, 0.3) is 0 Å². The van der Waals surface area contributed by atoms with Gasteiger partial charge in [0.25, 0.3) is 0 Å². The Kier molecular flexibility index (Phi) is 5.64. The summed E-state index contributed by atoms with van der Waals surface area (Å²) in [5.74, 6) is 0. The minimum atomic E-state index is -5.27. The molecule has 1 aliphatic rings. The van der Waals surface area contributed by atoms with Crippen molar-refractivity contribution in [1.82, 2.24) is 0 Å². The van der Waals surface area contributed by atoms with Crippen molar-refractivity contribution < 1.29 is 52.7 Å². The number of aliphatic hydroxyl groups is 2. The third-order valence-corrected chi connectivity index (χ3v) is 3.19. The van der Waals surface area contributed by atoms with Crippen LogP contribution < -0.4 is 19.6 Å². The van der Waals surface area contributed by atoms with Gasteiger partial charge in [-0.05, 0) is 0 Å². The summed E-state index contributed by atoms with van der Waals surface area (Å²) in [5, 5.41) is 18.8. The van der Waals surface area contributed by atoms with E-state index in [1.54, 1.807) is 0 Å². The third-order valence-electron chi connectivity index (χ3n) is 2.26. The SMILES string of the molecule is O=P([O-])([O-])OCC1OC(COP(=O)([O-])[O-])C(O)C1O. The number of hydrogen-bond donors (Lipinski definition) is 2. The monoisotopic (exact) mass is 320 g/mol. The molecule has 0 aromatic rings. The molecule has 1 rings (SSSR count). The van der Waals surface area contributed by atoms with Crippen molar-refractivity contribution in [2.45, 2.75) is 24.4 Å². The summed E-state index contributed by atoms with van der Waals surface area (Å²) < 4.78 is 33.0. The molecular formula is C6H10O11P2-4. The van der Waals surface area contributed by atoms with Crippen LogP contribution in [0.3, 0.4) is 0 Å². The number of rotatable bonds is 6. The van der Waals surface area contributed by atoms with Gasteiger partial charge in [-0.3, -0.25) is 0 Å². The Labute approximate surface area is 107 Å². The lowest BCUT2D eigenvalue weighted by molar-refractivity contribution is -0.343. The topological polar surface area (TPSA) is 195 Å². The van der Waals surface area contributed by atoms with Crippen LogP contribution in [0.5, 0.6) is 0 Å². The number of phosphoric ester groups is 2. The molecule has 1 aliphatic heterocycles. The van der Waals surface area contributed by atoms with Gasteiger partial charge >= 0.3 is 0 Å². The molecule has 4 atom stereocenters. The summed E-state index contributed by atoms with van der Waals surface area (Å²) in [6, 6.07) is 0. The maximum Gasteiger partial charge on any atom is 0.111 e. The van der Waals surface area contributed by atoms with E-state index in [2.05, 4.69) is 9.05 Å². The zero-order valence-electron chi connectivity index (χ0n) is 9.19. The third kappa shape index (κ3) is 5.94. The maximum absolute atomic E-state index is 10.2. The summed E-state index contributed by atoms with van der Waals surface area (Å²) in [5.41, 5.74) is 0. The first-order chi connectivity index (χ1) is 8.49. The average molecular weight is 320 g/mol. The molecule has 0 aromatic carbocycles. The van der Waals surface area contributed by atoms with Crippen LogP contribution >= 0.6 is 15.6 Å². The highest BCUT2D eigenvalue weighted by molar-refractivity contribution is 7.43. The summed E-state index contributed by atoms with van der Waals surface area (Å²) in [6.45, 7) is -1.71. The standard InChI is InChI=1S/C6H14O11P2/c7-5-3(1-15-18(9,10)11)17-4(6(5)8)2-16-19(12,13)14/h3-8H,1-2H2,(H2,9,10,11)(H2,12,13,14)/p-4. The molecule has 1 fully saturated rings. The van der Waals surface area contributed by atoms with Crippen LogP contribution in [-0.2, 0) is 22.9 Å². The number of aliphatic hydroxyl groups excluding tert-OH is 2. The van der Waals surface area contributed by atoms with Crippen molar-refractivity contribution >= 4 is 15.6 Å². The Bertz CT molecular complexity index is 351. The first-order valence-electron chi connectivity index (χ1n) is 4.84. The second kappa shape index (κ2) is 6.25. The van der Waals surface area contributed by atoms with Gasteiger partial charge < -0.3 is 52.7 Å². The second-order valence-corrected chi connectivity index (χ2v) is 5.99. The normalized spacial score (nSPS) is 32.7. The average Bonchev–Trinajstić information content (AvgIpc) is 2.49. The van der Waals surface area contributed by atoms with Gasteiger partial charge in [0.05, 0.1) is 28.9 Å². The van der Waals surface area contributed by atoms with E-state index in [-0.39, 0.29) is 0 Å². The maximum atomic E-state index is 10.2. The van der Waals surface area contributed by atoms with Gasteiger partial charge in [0, 0.05) is 0 Å². The zero-order chi connectivity index (χ0) is 14.8. The Morgan fingerprint density at radius 1 is 0.895 bits per heavy atom. The van der Waals surface area contributed by atoms with Crippen LogP contribution in [0.4, 0.5) is 0 Å². The predicted octanol–water partition coefficient (Wildman–Crippen LogP) is -4.83. The molecule has 1 saturated heterocycles. The zero-order valence-corrected chi connectivity index (χ0v) is 11.0. The van der Waals surface area contributed by atoms with Crippen molar-refractivity contribution in [1.29, 1.82) is 0 Å². The van der Waals surface area contributed by atoms with Gasteiger partial charge in [0.15, 0.2) is 0 Å². The Hall–Kier alpha value is 0.1000. The fourth-order valence-electron chi connectivity index (χ4n) is 1.43. The van der Waals surface area contributed by atoms with Gasteiger partial charge in [-0.2, -0.15) is 0 Å². The van der Waals surface area contributed by atoms with Crippen molar-refractivity contribution in [2.75, 3.05) is 13.2 Å². The highest BCUT2D eigenvalue weighted by Crippen LogP contribution is 2.31. The molecule has 11 nitrogen and oxygen atoms in total. The summed E-state index contributed by atoms with van der Waals surface area (Å²) >= 11 is 0. The fourth-order valence-corrected chi connectivity index (χ4v) is 2.09. The molecule has 0 aliphatic carbocycles. The van der Waals surface area contributed by atoms with Crippen LogP contribution in [0.2, 0.25) is 0 Å². The van der Waals surface area contributed by atoms with Gasteiger partial charge in [-0.1, -0.05) is 0 Å². The lowest BCUT2D eigenvalue weighted by Gasteiger charge is -2.30. The molecule has 114 valence electrons. The molecule has 0 spiro atoms. The van der Waals surface area contributed by atoms with E-state index >= 15 is 0 Å². The largest absolute Gasteiger partial charge is 0.790 e. The first-order valence-corrected chi connectivity index (χ1v) is 7.76. The van der Waals surface area contributed by atoms with E-state index in [9.17, 15) is 38.9 Å². The highest BCUT2D eigenvalue weighted by atomic mass is 31.2. The first kappa shape index (κ1) is 17.2. The molecule has 4 unspecified atom stereocenters. The molecule has 1 heterocycles. The fraction of sp³-hybridized carbons (Fsp3) is 1.00. The molecule has 0 amide bonds. The molecule has 0 bridgehead atoms. The number of hydrogen-bond acceptors (Lipinski definition) is 11. The lowest BCUT2D eigenvalue weighted by atomic mass is 10.1. The van der Waals surface area contributed by atoms with Crippen LogP contribution in [0, 0.1) is 0 Å². The van der Waals surface area contributed by atoms with Crippen molar-refractivity contribution in [3.05, 3.63) is 0 Å². The molecule has 19 heavy (non-hydrogen) atoms. The highest BCUT2D eigenvalue weighted by Gasteiger charge is 2.42. The molecule has 0 saturated carbocycles. The number of phosphoric acid groups is 2. The van der Waals surface area contributed by atoms with E-state index < -0.39 is 53.3 Å². The van der Waals surface area contributed by atoms with Gasteiger partial charge in [-0.25, -0.2) is 0 Å². The van der Waals surface area contributed by atoms with Crippen LogP contribution in [0.1, 0.15) is 0 Å². The smallest absolute Gasteiger partial charge is 0.111 e. The second-order valence-electron chi connectivity index (χ2n) is 3.68. The van der Waals surface area contributed by atoms with Gasteiger partial charge in [-0.15, -0.1) is 0 Å². The number of ether oxygens (including phenoxy) is 1. The molecule has 2 N–H and O–H groups in total. The Balaban J connectivity index is 2.51. The van der Waals surface area contributed by atoms with Gasteiger partial charge in [0.1, 0.15) is 24.4 Å². The summed E-state index contributed by atoms with van der Waals surface area (Å²) in [6.07, 6.45) is -6.01. The van der Waals surface area contributed by atoms with Crippen LogP contribution in [-0.4, -0.2) is 47.8 Å². The molecule has 0 aromatic heterocycles. The molecular weight excluding hydrogens is 310 g/mol. The quantitative estimate of drug-likeness (QED) is 0.445. The van der Waals surface area contributed by atoms with E-state index in [1.165, 1.54) is 0 Å². The van der Waals surface area contributed by atoms with Crippen molar-refractivity contribution in [3.8, 4) is 0 Å². The lowest BCUT2D eigenvalue weighted by Crippen LogP contribution is -2.36. The Morgan fingerprint density at radius 2 is 1.21 bits per heavy atom. The Morgan fingerprint density at radius 3 is 1.47 bits per heavy atom. The van der Waals surface area contributed by atoms with Crippen molar-refractivity contribution in [3.63, 3.8) is 0 Å². The summed E-state index contributed by atoms with van der Waals surface area (Å²) in [7, 11) is -10.5. The van der Waals surface area contributed by atoms with E-state index in [1.807, 2.05) is 0 Å². The predicted molar refractivity (Wildman–Crippen MR) is 47.8 cm³/mol. The minimum Gasteiger partial charge on any atom is -0.790 e. The van der Waals surface area contributed by atoms with Crippen LogP contribution in [0.15, 0.2) is 0 Å².